The van der Waals surface area contributed by atoms with Crippen LogP contribution in [0.15, 0.2) is 36.4 Å². The van der Waals surface area contributed by atoms with Gasteiger partial charge < -0.3 is 4.74 Å². The van der Waals surface area contributed by atoms with Crippen molar-refractivity contribution in [2.45, 2.75) is 32.1 Å². The second-order valence-electron chi connectivity index (χ2n) is 5.33. The van der Waals surface area contributed by atoms with Crippen LogP contribution < -0.4 is 0 Å². The largest absolute Gasteiger partial charge is 0.460 e. The van der Waals surface area contributed by atoms with Gasteiger partial charge in [-0.25, -0.2) is 13.6 Å². The van der Waals surface area contributed by atoms with Gasteiger partial charge in [-0.05, 0) is 18.1 Å². The number of carbonyl (C=O) groups excluding carboxylic acids is 1. The van der Waals surface area contributed by atoms with Crippen LogP contribution in [0, 0.1) is 0 Å². The molecule has 2 aromatic rings. The van der Waals surface area contributed by atoms with Crippen LogP contribution in [-0.4, -0.2) is 28.8 Å². The van der Waals surface area contributed by atoms with E-state index in [4.69, 9.17) is 4.74 Å². The predicted octanol–water partition coefficient (Wildman–Crippen LogP) is 3.58. The number of nitrogens with zero attached hydrogens (tertiary/aromatic N) is 2. The van der Waals surface area contributed by atoms with Gasteiger partial charge in [-0.1, -0.05) is 37.3 Å². The average Bonchev–Trinajstić information content (AvgIpc) is 2.93. The number of benzene rings is 1. The monoisotopic (exact) mass is 322 g/mol. The van der Waals surface area contributed by atoms with Crippen molar-refractivity contribution in [1.82, 2.24) is 9.78 Å². The maximum atomic E-state index is 12.8. The van der Waals surface area contributed by atoms with Crippen molar-refractivity contribution < 1.29 is 18.3 Å². The zero-order chi connectivity index (χ0) is 16.8. The van der Waals surface area contributed by atoms with E-state index in [-0.39, 0.29) is 13.0 Å². The molecule has 0 aliphatic heterocycles. The number of ether oxygens (including phenoxy) is 1. The summed E-state index contributed by atoms with van der Waals surface area (Å²) in [6.07, 6.45) is -2.09. The van der Waals surface area contributed by atoms with E-state index in [9.17, 15) is 13.6 Å². The van der Waals surface area contributed by atoms with Crippen LogP contribution in [0.1, 0.15) is 41.0 Å². The highest BCUT2D eigenvalue weighted by Gasteiger charge is 2.21. The Hall–Kier alpha value is -2.24. The molecule has 1 atom stereocenters. The molecule has 0 saturated heterocycles. The SMILES string of the molecule is CCc1cc(C(=O)OCC(CC(F)F)c2ccccc2)n(C)n1. The lowest BCUT2D eigenvalue weighted by molar-refractivity contribution is 0.0414. The van der Waals surface area contributed by atoms with Gasteiger partial charge in [0.25, 0.3) is 0 Å². The first-order valence-electron chi connectivity index (χ1n) is 7.54. The van der Waals surface area contributed by atoms with Gasteiger partial charge in [0.05, 0.1) is 12.3 Å². The zero-order valence-electron chi connectivity index (χ0n) is 13.2. The van der Waals surface area contributed by atoms with E-state index in [0.29, 0.717) is 12.1 Å². The Bertz CT molecular complexity index is 641. The molecule has 0 spiro atoms. The number of rotatable bonds is 7. The van der Waals surface area contributed by atoms with Crippen molar-refractivity contribution in [2.75, 3.05) is 6.61 Å². The van der Waals surface area contributed by atoms with Gasteiger partial charge in [0.15, 0.2) is 0 Å². The molecule has 4 nitrogen and oxygen atoms in total. The molecule has 1 heterocycles. The first-order valence-corrected chi connectivity index (χ1v) is 7.54. The number of hydrogen-bond donors (Lipinski definition) is 0. The number of aromatic nitrogens is 2. The van der Waals surface area contributed by atoms with Gasteiger partial charge in [0.1, 0.15) is 5.69 Å². The number of halogens is 2. The van der Waals surface area contributed by atoms with Gasteiger partial charge >= 0.3 is 5.97 Å². The van der Waals surface area contributed by atoms with Crippen molar-refractivity contribution in [2.24, 2.45) is 7.05 Å². The smallest absolute Gasteiger partial charge is 0.356 e. The van der Waals surface area contributed by atoms with E-state index in [0.717, 1.165) is 11.3 Å². The van der Waals surface area contributed by atoms with Crippen molar-refractivity contribution in [3.05, 3.63) is 53.3 Å². The molecule has 23 heavy (non-hydrogen) atoms. The van der Waals surface area contributed by atoms with Crippen LogP contribution in [0.25, 0.3) is 0 Å². The third-order valence-electron chi connectivity index (χ3n) is 3.65. The number of aryl methyl sites for hydroxylation is 2. The standard InChI is InChI=1S/C17H20F2N2O2/c1-3-14-10-15(21(2)20-14)17(22)23-11-13(9-16(18)19)12-7-5-4-6-8-12/h4-8,10,13,16H,3,9,11H2,1-2H3. The van der Waals surface area contributed by atoms with E-state index >= 15 is 0 Å². The van der Waals surface area contributed by atoms with Crippen LogP contribution >= 0.6 is 0 Å². The molecule has 1 unspecified atom stereocenters. The minimum absolute atomic E-state index is 0.0835. The molecule has 0 fully saturated rings. The van der Waals surface area contributed by atoms with Gasteiger partial charge in [0, 0.05) is 19.4 Å². The molecule has 0 radical (unpaired) electrons. The third kappa shape index (κ3) is 4.61. The second kappa shape index (κ2) is 7.85. The predicted molar refractivity (Wildman–Crippen MR) is 82.7 cm³/mol. The van der Waals surface area contributed by atoms with Crippen molar-refractivity contribution in [3.63, 3.8) is 0 Å². The molecule has 0 saturated carbocycles. The number of alkyl halides is 2. The van der Waals surface area contributed by atoms with E-state index in [2.05, 4.69) is 5.10 Å². The Morgan fingerprint density at radius 2 is 2.00 bits per heavy atom. The molecule has 0 aliphatic carbocycles. The van der Waals surface area contributed by atoms with Crippen LogP contribution in [0.5, 0.6) is 0 Å². The van der Waals surface area contributed by atoms with E-state index in [1.807, 2.05) is 13.0 Å². The van der Waals surface area contributed by atoms with Crippen LogP contribution in [0.3, 0.4) is 0 Å². The lowest BCUT2D eigenvalue weighted by Gasteiger charge is -2.17. The molecule has 124 valence electrons. The highest BCUT2D eigenvalue weighted by atomic mass is 19.3. The molecule has 0 aliphatic rings. The fourth-order valence-corrected chi connectivity index (χ4v) is 2.38. The summed E-state index contributed by atoms with van der Waals surface area (Å²) in [5.41, 5.74) is 1.84. The summed E-state index contributed by atoms with van der Waals surface area (Å²) >= 11 is 0. The Balaban J connectivity index is 2.05. The van der Waals surface area contributed by atoms with E-state index in [1.54, 1.807) is 37.4 Å². The maximum Gasteiger partial charge on any atom is 0.356 e. The summed E-state index contributed by atoms with van der Waals surface area (Å²) in [7, 11) is 1.66. The molecule has 0 amide bonds. The van der Waals surface area contributed by atoms with Crippen LogP contribution in [-0.2, 0) is 18.2 Å². The fourth-order valence-electron chi connectivity index (χ4n) is 2.38. The molecule has 0 bridgehead atoms. The summed E-state index contributed by atoms with van der Waals surface area (Å²) < 4.78 is 32.3. The number of carbonyl (C=O) groups is 1. The highest BCUT2D eigenvalue weighted by molar-refractivity contribution is 5.87. The minimum Gasteiger partial charge on any atom is -0.460 e. The number of hydrogen-bond acceptors (Lipinski definition) is 3. The van der Waals surface area contributed by atoms with Gasteiger partial charge in [-0.15, -0.1) is 0 Å². The Labute approximate surface area is 134 Å². The molecule has 1 aromatic heterocycles. The Morgan fingerprint density at radius 3 is 2.57 bits per heavy atom. The van der Waals surface area contributed by atoms with Crippen molar-refractivity contribution in [1.29, 1.82) is 0 Å². The molecule has 2 rings (SSSR count). The Morgan fingerprint density at radius 1 is 1.30 bits per heavy atom. The van der Waals surface area contributed by atoms with Crippen LogP contribution in [0.2, 0.25) is 0 Å². The average molecular weight is 322 g/mol. The molecule has 1 aromatic carbocycles. The van der Waals surface area contributed by atoms with E-state index in [1.165, 1.54) is 4.68 Å². The normalized spacial score (nSPS) is 12.4. The quantitative estimate of drug-likeness (QED) is 0.732. The van der Waals surface area contributed by atoms with Gasteiger partial charge in [-0.3, -0.25) is 4.68 Å². The maximum absolute atomic E-state index is 12.8. The fraction of sp³-hybridized carbons (Fsp3) is 0.412. The minimum atomic E-state index is -2.46. The topological polar surface area (TPSA) is 44.1 Å². The highest BCUT2D eigenvalue weighted by Crippen LogP contribution is 2.24. The summed E-state index contributed by atoms with van der Waals surface area (Å²) in [4.78, 5) is 12.1. The van der Waals surface area contributed by atoms with Crippen LogP contribution in [0.4, 0.5) is 8.78 Å². The van der Waals surface area contributed by atoms with E-state index < -0.39 is 18.3 Å². The number of esters is 1. The molecule has 6 heteroatoms. The summed E-state index contributed by atoms with van der Waals surface area (Å²) in [6, 6.07) is 10.6. The van der Waals surface area contributed by atoms with Crippen molar-refractivity contribution in [3.8, 4) is 0 Å². The zero-order valence-corrected chi connectivity index (χ0v) is 13.2. The van der Waals surface area contributed by atoms with Crippen molar-refractivity contribution >= 4 is 5.97 Å². The summed E-state index contributed by atoms with van der Waals surface area (Å²) in [6.45, 7) is 1.85. The third-order valence-corrected chi connectivity index (χ3v) is 3.65. The summed E-state index contributed by atoms with van der Waals surface area (Å²) in [5.74, 6) is -1.08. The first kappa shape index (κ1) is 17.1. The lowest BCUT2D eigenvalue weighted by Crippen LogP contribution is -2.17. The molecular formula is C17H20F2N2O2. The van der Waals surface area contributed by atoms with Gasteiger partial charge in [0.2, 0.25) is 6.43 Å². The van der Waals surface area contributed by atoms with Gasteiger partial charge in [-0.2, -0.15) is 5.10 Å². The lowest BCUT2D eigenvalue weighted by atomic mass is 9.97. The Kier molecular flexibility index (Phi) is 5.84. The summed E-state index contributed by atoms with van der Waals surface area (Å²) in [5, 5.41) is 4.18. The molecular weight excluding hydrogens is 302 g/mol. The first-order chi connectivity index (χ1) is 11.0. The molecule has 0 N–H and O–H groups in total. The second-order valence-corrected chi connectivity index (χ2v) is 5.33.